The predicted molar refractivity (Wildman–Crippen MR) is 75.0 cm³/mol. The first-order valence-corrected chi connectivity index (χ1v) is 8.34. The summed E-state index contributed by atoms with van der Waals surface area (Å²) in [5.74, 6) is -0.279. The Morgan fingerprint density at radius 1 is 1.26 bits per heavy atom. The second-order valence-corrected chi connectivity index (χ2v) is 7.11. The van der Waals surface area contributed by atoms with Gasteiger partial charge in [0, 0.05) is 16.7 Å². The van der Waals surface area contributed by atoms with E-state index in [0.717, 1.165) is 11.1 Å². The van der Waals surface area contributed by atoms with Gasteiger partial charge < -0.3 is 5.32 Å². The van der Waals surface area contributed by atoms with Gasteiger partial charge in [0.1, 0.15) is 0 Å². The van der Waals surface area contributed by atoms with Crippen LogP contribution in [0.1, 0.15) is 15.2 Å². The van der Waals surface area contributed by atoms with E-state index in [1.165, 1.54) is 12.1 Å². The summed E-state index contributed by atoms with van der Waals surface area (Å²) in [6.07, 6.45) is 1.12. The van der Waals surface area contributed by atoms with Crippen molar-refractivity contribution < 1.29 is 13.2 Å². The van der Waals surface area contributed by atoms with Gasteiger partial charge in [-0.05, 0) is 29.6 Å². The van der Waals surface area contributed by atoms with E-state index in [9.17, 15) is 13.2 Å². The Morgan fingerprint density at radius 3 is 2.68 bits per heavy atom. The van der Waals surface area contributed by atoms with Gasteiger partial charge in [-0.1, -0.05) is 12.1 Å². The van der Waals surface area contributed by atoms with Gasteiger partial charge in [-0.2, -0.15) is 0 Å². The smallest absolute Gasteiger partial charge is 0.251 e. The summed E-state index contributed by atoms with van der Waals surface area (Å²) in [6, 6.07) is 9.87. The Kier molecular flexibility index (Phi) is 4.01. The van der Waals surface area contributed by atoms with Crippen LogP contribution in [0.5, 0.6) is 0 Å². The van der Waals surface area contributed by atoms with Crippen molar-refractivity contribution in [3.8, 4) is 0 Å². The molecule has 0 atom stereocenters. The summed E-state index contributed by atoms with van der Waals surface area (Å²) < 4.78 is 22.8. The fourth-order valence-electron chi connectivity index (χ4n) is 1.55. The average molecular weight is 295 g/mol. The first-order chi connectivity index (χ1) is 8.97. The summed E-state index contributed by atoms with van der Waals surface area (Å²) in [5, 5.41) is 4.69. The predicted octanol–water partition coefficient (Wildman–Crippen LogP) is 2.08. The maximum Gasteiger partial charge on any atom is 0.251 e. The highest BCUT2D eigenvalue weighted by atomic mass is 32.2. The van der Waals surface area contributed by atoms with Crippen LogP contribution in [0.2, 0.25) is 0 Å². The quantitative estimate of drug-likeness (QED) is 0.939. The fraction of sp³-hybridized carbons (Fsp3) is 0.154. The van der Waals surface area contributed by atoms with E-state index in [2.05, 4.69) is 5.32 Å². The van der Waals surface area contributed by atoms with Crippen LogP contribution in [-0.4, -0.2) is 20.6 Å². The van der Waals surface area contributed by atoms with E-state index in [4.69, 9.17) is 0 Å². The summed E-state index contributed by atoms with van der Waals surface area (Å²) in [5.41, 5.74) is 0.347. The van der Waals surface area contributed by atoms with E-state index in [1.807, 2.05) is 17.5 Å². The molecule has 0 bridgehead atoms. The zero-order valence-electron chi connectivity index (χ0n) is 10.3. The fourth-order valence-corrected chi connectivity index (χ4v) is 2.86. The molecule has 1 amide bonds. The molecule has 0 saturated carbocycles. The number of amides is 1. The number of carbonyl (C=O) groups is 1. The van der Waals surface area contributed by atoms with Crippen molar-refractivity contribution in [3.05, 3.63) is 52.2 Å². The molecular formula is C13H13NO3S2. The van der Waals surface area contributed by atoms with Crippen molar-refractivity contribution in [1.29, 1.82) is 0 Å². The summed E-state index contributed by atoms with van der Waals surface area (Å²) >= 11 is 1.56. The third-order valence-electron chi connectivity index (χ3n) is 2.53. The second kappa shape index (κ2) is 5.54. The Hall–Kier alpha value is -1.66. The molecule has 19 heavy (non-hydrogen) atoms. The van der Waals surface area contributed by atoms with Crippen molar-refractivity contribution in [3.63, 3.8) is 0 Å². The molecule has 0 unspecified atom stereocenters. The van der Waals surface area contributed by atoms with Gasteiger partial charge in [-0.3, -0.25) is 4.79 Å². The van der Waals surface area contributed by atoms with Crippen LogP contribution in [-0.2, 0) is 16.4 Å². The normalized spacial score (nSPS) is 11.2. The van der Waals surface area contributed by atoms with Gasteiger partial charge in [0.25, 0.3) is 5.91 Å². The molecule has 100 valence electrons. The maximum atomic E-state index is 11.9. The topological polar surface area (TPSA) is 63.2 Å². The molecule has 1 aromatic carbocycles. The SMILES string of the molecule is CS(=O)(=O)c1cccc(C(=O)NCc2cccs2)c1. The zero-order valence-corrected chi connectivity index (χ0v) is 11.9. The van der Waals surface area contributed by atoms with Crippen LogP contribution in [0, 0.1) is 0 Å². The first kappa shape index (κ1) is 13.8. The van der Waals surface area contributed by atoms with Crippen LogP contribution >= 0.6 is 11.3 Å². The molecule has 0 spiro atoms. The largest absolute Gasteiger partial charge is 0.347 e. The summed E-state index contributed by atoms with van der Waals surface area (Å²) in [6.45, 7) is 0.444. The molecule has 1 N–H and O–H groups in total. The number of sulfone groups is 1. The minimum Gasteiger partial charge on any atom is -0.347 e. The lowest BCUT2D eigenvalue weighted by molar-refractivity contribution is 0.0951. The molecule has 2 rings (SSSR count). The molecule has 0 aliphatic heterocycles. The number of benzene rings is 1. The number of hydrogen-bond donors (Lipinski definition) is 1. The van der Waals surface area contributed by atoms with E-state index < -0.39 is 9.84 Å². The van der Waals surface area contributed by atoms with Gasteiger partial charge in [-0.15, -0.1) is 11.3 Å². The molecule has 0 aliphatic rings. The van der Waals surface area contributed by atoms with Gasteiger partial charge in [-0.25, -0.2) is 8.42 Å². The van der Waals surface area contributed by atoms with Crippen molar-refractivity contribution in [1.82, 2.24) is 5.32 Å². The minimum atomic E-state index is -3.29. The minimum absolute atomic E-state index is 0.149. The monoisotopic (exact) mass is 295 g/mol. The summed E-state index contributed by atoms with van der Waals surface area (Å²) in [7, 11) is -3.29. The molecular weight excluding hydrogens is 282 g/mol. The first-order valence-electron chi connectivity index (χ1n) is 5.57. The Labute approximate surface area is 116 Å². The molecule has 6 heteroatoms. The highest BCUT2D eigenvalue weighted by Gasteiger charge is 2.11. The van der Waals surface area contributed by atoms with Crippen LogP contribution in [0.25, 0.3) is 0 Å². The maximum absolute atomic E-state index is 11.9. The van der Waals surface area contributed by atoms with Crippen LogP contribution in [0.4, 0.5) is 0 Å². The van der Waals surface area contributed by atoms with Crippen molar-refractivity contribution in [2.75, 3.05) is 6.26 Å². The molecule has 0 aliphatic carbocycles. The Bertz CT molecular complexity index is 676. The van der Waals surface area contributed by atoms with E-state index >= 15 is 0 Å². The average Bonchev–Trinajstić information content (AvgIpc) is 2.88. The molecule has 4 nitrogen and oxygen atoms in total. The van der Waals surface area contributed by atoms with Gasteiger partial charge >= 0.3 is 0 Å². The molecule has 0 saturated heterocycles. The van der Waals surface area contributed by atoms with E-state index in [1.54, 1.807) is 23.5 Å². The third-order valence-corrected chi connectivity index (χ3v) is 4.51. The Balaban J connectivity index is 2.11. The molecule has 1 aromatic heterocycles. The van der Waals surface area contributed by atoms with Crippen LogP contribution < -0.4 is 5.32 Å². The second-order valence-electron chi connectivity index (χ2n) is 4.06. The number of hydrogen-bond acceptors (Lipinski definition) is 4. The standard InChI is InChI=1S/C13H13NO3S2/c1-19(16,17)12-6-2-4-10(8-12)13(15)14-9-11-5-3-7-18-11/h2-8H,9H2,1H3,(H,14,15). The van der Waals surface area contributed by atoms with Gasteiger partial charge in [0.05, 0.1) is 11.4 Å². The van der Waals surface area contributed by atoms with Crippen LogP contribution in [0.3, 0.4) is 0 Å². The number of carbonyl (C=O) groups excluding carboxylic acids is 1. The van der Waals surface area contributed by atoms with Gasteiger partial charge in [0.15, 0.2) is 9.84 Å². The molecule has 1 heterocycles. The number of rotatable bonds is 4. The van der Waals surface area contributed by atoms with Crippen molar-refractivity contribution >= 4 is 27.1 Å². The lowest BCUT2D eigenvalue weighted by Crippen LogP contribution is -2.22. The third kappa shape index (κ3) is 3.65. The molecule has 0 fully saturated rings. The van der Waals surface area contributed by atoms with E-state index in [0.29, 0.717) is 12.1 Å². The lowest BCUT2D eigenvalue weighted by atomic mass is 10.2. The van der Waals surface area contributed by atoms with Crippen LogP contribution in [0.15, 0.2) is 46.7 Å². The van der Waals surface area contributed by atoms with Crippen molar-refractivity contribution in [2.24, 2.45) is 0 Å². The highest BCUT2D eigenvalue weighted by Crippen LogP contribution is 2.12. The summed E-state index contributed by atoms with van der Waals surface area (Å²) in [4.78, 5) is 13.1. The molecule has 2 aromatic rings. The lowest BCUT2D eigenvalue weighted by Gasteiger charge is -2.05. The number of nitrogens with one attached hydrogen (secondary N) is 1. The highest BCUT2D eigenvalue weighted by molar-refractivity contribution is 7.90. The van der Waals surface area contributed by atoms with Gasteiger partial charge in [0.2, 0.25) is 0 Å². The Morgan fingerprint density at radius 2 is 2.05 bits per heavy atom. The van der Waals surface area contributed by atoms with E-state index in [-0.39, 0.29) is 10.8 Å². The molecule has 0 radical (unpaired) electrons. The zero-order chi connectivity index (χ0) is 13.9. The van der Waals surface area contributed by atoms with Crippen molar-refractivity contribution in [2.45, 2.75) is 11.4 Å². The number of thiophene rings is 1.